The Bertz CT molecular complexity index is 872. The summed E-state index contributed by atoms with van der Waals surface area (Å²) in [5.41, 5.74) is 0.195. The van der Waals surface area contributed by atoms with Crippen molar-refractivity contribution in [3.63, 3.8) is 0 Å². The number of aliphatic hydroxyl groups is 1. The molecule has 174 valence electrons. The topological polar surface area (TPSA) is 88.3 Å². The lowest BCUT2D eigenvalue weighted by molar-refractivity contribution is -0.0512. The average molecular weight is 553 g/mol. The summed E-state index contributed by atoms with van der Waals surface area (Å²) in [7, 11) is 1.38. The first kappa shape index (κ1) is 27.0. The van der Waals surface area contributed by atoms with Crippen LogP contribution >= 0.6 is 24.0 Å². The predicted octanol–water partition coefficient (Wildman–Crippen LogP) is 4.09. The van der Waals surface area contributed by atoms with Crippen LogP contribution in [0.15, 0.2) is 33.7 Å². The summed E-state index contributed by atoms with van der Waals surface area (Å²) in [6.45, 7) is 5.31. The second-order valence-corrected chi connectivity index (χ2v) is 7.01. The molecule has 31 heavy (non-hydrogen) atoms. The Morgan fingerprint density at radius 2 is 1.94 bits per heavy atom. The SMILES string of the molecule is CCNC(=NCc1ccc(OC)c(OC(F)F)c1)NCC(C)(O)c1cc(C)oc1C.I. The van der Waals surface area contributed by atoms with Crippen LogP contribution in [0.4, 0.5) is 8.78 Å². The number of ether oxygens (including phenoxy) is 2. The normalized spacial score (nSPS) is 13.4. The van der Waals surface area contributed by atoms with Crippen LogP contribution in [-0.4, -0.2) is 37.9 Å². The van der Waals surface area contributed by atoms with E-state index >= 15 is 0 Å². The van der Waals surface area contributed by atoms with E-state index in [1.54, 1.807) is 26.0 Å². The van der Waals surface area contributed by atoms with E-state index < -0.39 is 12.2 Å². The summed E-state index contributed by atoms with van der Waals surface area (Å²) in [6, 6.07) is 6.55. The van der Waals surface area contributed by atoms with Crippen LogP contribution in [0.1, 0.15) is 36.5 Å². The minimum atomic E-state index is -2.95. The number of hydrogen-bond acceptors (Lipinski definition) is 5. The van der Waals surface area contributed by atoms with E-state index in [0.717, 1.165) is 5.76 Å². The number of aryl methyl sites for hydroxylation is 2. The molecule has 7 nitrogen and oxygen atoms in total. The van der Waals surface area contributed by atoms with E-state index in [1.807, 2.05) is 19.9 Å². The Labute approximate surface area is 198 Å². The van der Waals surface area contributed by atoms with Crippen LogP contribution in [0.3, 0.4) is 0 Å². The van der Waals surface area contributed by atoms with Gasteiger partial charge in [0.1, 0.15) is 17.1 Å². The summed E-state index contributed by atoms with van der Waals surface area (Å²) < 4.78 is 40.3. The van der Waals surface area contributed by atoms with Gasteiger partial charge < -0.3 is 29.6 Å². The molecule has 1 aromatic heterocycles. The number of nitrogens with one attached hydrogen (secondary N) is 2. The van der Waals surface area contributed by atoms with Crippen molar-refractivity contribution >= 4 is 29.9 Å². The standard InChI is InChI=1S/C21H29F2N3O4.HI/c1-6-24-20(26-12-21(4,27)16-9-13(2)29-14(16)3)25-11-15-7-8-17(28-5)18(10-15)30-19(22)23;/h7-10,19,27H,6,11-12H2,1-5H3,(H2,24,25,26);1H. The number of rotatable bonds is 9. The highest BCUT2D eigenvalue weighted by molar-refractivity contribution is 14.0. The third kappa shape index (κ3) is 7.84. The van der Waals surface area contributed by atoms with E-state index in [-0.39, 0.29) is 48.6 Å². The fourth-order valence-electron chi connectivity index (χ4n) is 3.04. The van der Waals surface area contributed by atoms with Crippen LogP contribution in [-0.2, 0) is 12.1 Å². The zero-order valence-electron chi connectivity index (χ0n) is 18.3. The quantitative estimate of drug-likeness (QED) is 0.247. The van der Waals surface area contributed by atoms with Crippen LogP contribution < -0.4 is 20.1 Å². The molecule has 0 saturated heterocycles. The molecular formula is C21H30F2IN3O4. The fraction of sp³-hybridized carbons (Fsp3) is 0.476. The number of nitrogens with zero attached hydrogens (tertiary/aromatic N) is 1. The largest absolute Gasteiger partial charge is 0.493 e. The molecule has 0 aliphatic carbocycles. The average Bonchev–Trinajstić information content (AvgIpc) is 3.03. The van der Waals surface area contributed by atoms with E-state index in [4.69, 9.17) is 9.15 Å². The van der Waals surface area contributed by atoms with Crippen molar-refractivity contribution in [1.29, 1.82) is 0 Å². The number of halogens is 3. The number of furan rings is 1. The van der Waals surface area contributed by atoms with Crippen molar-refractivity contribution < 1.29 is 27.8 Å². The molecule has 0 radical (unpaired) electrons. The smallest absolute Gasteiger partial charge is 0.387 e. The summed E-state index contributed by atoms with van der Waals surface area (Å²) in [5, 5.41) is 17.1. The number of methoxy groups -OCH3 is 1. The van der Waals surface area contributed by atoms with Crippen molar-refractivity contribution in [2.45, 2.75) is 46.5 Å². The third-order valence-corrected chi connectivity index (χ3v) is 4.43. The Morgan fingerprint density at radius 3 is 2.48 bits per heavy atom. The van der Waals surface area contributed by atoms with E-state index in [9.17, 15) is 13.9 Å². The fourth-order valence-corrected chi connectivity index (χ4v) is 3.04. The zero-order chi connectivity index (χ0) is 22.3. The maximum Gasteiger partial charge on any atom is 0.387 e. The van der Waals surface area contributed by atoms with Crippen molar-refractivity contribution in [1.82, 2.24) is 10.6 Å². The van der Waals surface area contributed by atoms with Gasteiger partial charge in [0.05, 0.1) is 20.2 Å². The van der Waals surface area contributed by atoms with Crippen molar-refractivity contribution in [3.05, 3.63) is 46.9 Å². The van der Waals surface area contributed by atoms with Crippen LogP contribution in [0.25, 0.3) is 0 Å². The van der Waals surface area contributed by atoms with Gasteiger partial charge in [-0.05, 0) is 51.5 Å². The van der Waals surface area contributed by atoms with Crippen LogP contribution in [0, 0.1) is 13.8 Å². The molecule has 0 spiro atoms. The van der Waals surface area contributed by atoms with Crippen LogP contribution in [0.5, 0.6) is 11.5 Å². The maximum atomic E-state index is 12.6. The number of benzene rings is 1. The lowest BCUT2D eigenvalue weighted by Crippen LogP contribution is -2.44. The molecule has 0 aliphatic heterocycles. The first-order valence-electron chi connectivity index (χ1n) is 9.60. The van der Waals surface area contributed by atoms with Gasteiger partial charge in [0.25, 0.3) is 0 Å². The highest BCUT2D eigenvalue weighted by Gasteiger charge is 2.27. The molecule has 1 aromatic carbocycles. The Balaban J connectivity index is 0.00000480. The number of hydrogen-bond donors (Lipinski definition) is 3. The Kier molecular flexibility index (Phi) is 10.5. The van der Waals surface area contributed by atoms with Crippen LogP contribution in [0.2, 0.25) is 0 Å². The van der Waals surface area contributed by atoms with Crippen molar-refractivity contribution in [3.8, 4) is 11.5 Å². The molecule has 2 aromatic rings. The van der Waals surface area contributed by atoms with Gasteiger partial charge in [0.15, 0.2) is 17.5 Å². The van der Waals surface area contributed by atoms with Gasteiger partial charge in [-0.25, -0.2) is 4.99 Å². The summed E-state index contributed by atoms with van der Waals surface area (Å²) in [5.74, 6) is 2.03. The molecule has 2 rings (SSSR count). The van der Waals surface area contributed by atoms with Gasteiger partial charge in [0.2, 0.25) is 0 Å². The van der Waals surface area contributed by atoms with Crippen molar-refractivity contribution in [2.75, 3.05) is 20.2 Å². The maximum absolute atomic E-state index is 12.6. The first-order chi connectivity index (χ1) is 14.2. The molecule has 0 fully saturated rings. The molecule has 1 heterocycles. The summed E-state index contributed by atoms with van der Waals surface area (Å²) >= 11 is 0. The van der Waals surface area contributed by atoms with Gasteiger partial charge in [0, 0.05) is 12.1 Å². The molecule has 0 bridgehead atoms. The molecular weight excluding hydrogens is 523 g/mol. The Hall–Kier alpha value is -2.08. The minimum Gasteiger partial charge on any atom is -0.493 e. The van der Waals surface area contributed by atoms with Gasteiger partial charge in [-0.3, -0.25) is 0 Å². The molecule has 1 unspecified atom stereocenters. The lowest BCUT2D eigenvalue weighted by Gasteiger charge is -2.24. The summed E-state index contributed by atoms with van der Waals surface area (Å²) in [6.07, 6.45) is 0. The van der Waals surface area contributed by atoms with E-state index in [2.05, 4.69) is 20.4 Å². The lowest BCUT2D eigenvalue weighted by atomic mass is 9.96. The van der Waals surface area contributed by atoms with E-state index in [0.29, 0.717) is 29.4 Å². The Morgan fingerprint density at radius 1 is 1.23 bits per heavy atom. The number of alkyl halides is 2. The molecule has 1 atom stereocenters. The van der Waals surface area contributed by atoms with Gasteiger partial charge in [-0.2, -0.15) is 8.78 Å². The number of guanidine groups is 1. The monoisotopic (exact) mass is 553 g/mol. The van der Waals surface area contributed by atoms with Gasteiger partial charge >= 0.3 is 6.61 Å². The molecule has 3 N–H and O–H groups in total. The molecule has 0 saturated carbocycles. The molecule has 10 heteroatoms. The highest BCUT2D eigenvalue weighted by Crippen LogP contribution is 2.30. The number of aliphatic imine (C=N–C) groups is 1. The molecule has 0 aliphatic rings. The second kappa shape index (κ2) is 12.1. The third-order valence-electron chi connectivity index (χ3n) is 4.43. The summed E-state index contributed by atoms with van der Waals surface area (Å²) in [4.78, 5) is 4.46. The second-order valence-electron chi connectivity index (χ2n) is 7.01. The minimum absolute atomic E-state index is 0. The van der Waals surface area contributed by atoms with Crippen molar-refractivity contribution in [2.24, 2.45) is 4.99 Å². The predicted molar refractivity (Wildman–Crippen MR) is 126 cm³/mol. The van der Waals surface area contributed by atoms with Gasteiger partial charge in [-0.1, -0.05) is 6.07 Å². The highest BCUT2D eigenvalue weighted by atomic mass is 127. The van der Waals surface area contributed by atoms with E-state index in [1.165, 1.54) is 13.2 Å². The zero-order valence-corrected chi connectivity index (χ0v) is 20.6. The van der Waals surface area contributed by atoms with Gasteiger partial charge in [-0.15, -0.1) is 24.0 Å². The first-order valence-corrected chi connectivity index (χ1v) is 9.60. The molecule has 0 amide bonds.